The van der Waals surface area contributed by atoms with Gasteiger partial charge in [0.15, 0.2) is 0 Å². The molecule has 2 aromatic carbocycles. The lowest BCUT2D eigenvalue weighted by molar-refractivity contribution is 0.0747. The molecular weight excluding hydrogens is 441 g/mol. The molecule has 1 N–H and O–H groups in total. The van der Waals surface area contributed by atoms with Gasteiger partial charge in [-0.2, -0.15) is 5.26 Å². The maximum atomic E-state index is 14.0. The lowest BCUT2D eigenvalue weighted by atomic mass is 10.1. The number of piperidine rings is 1. The SMILES string of the molecule is CNS(=O)c1ccc(N2CCCCC2)c(C(=O)N2CCN(c3ccc(C#N)c(F)c3)CC2)c1. The zero-order valence-electron chi connectivity index (χ0n) is 18.7. The fourth-order valence-electron chi connectivity index (χ4n) is 4.46. The van der Waals surface area contributed by atoms with Crippen LogP contribution in [0.5, 0.6) is 0 Å². The van der Waals surface area contributed by atoms with E-state index in [-0.39, 0.29) is 11.5 Å². The monoisotopic (exact) mass is 469 g/mol. The third-order valence-corrected chi connectivity index (χ3v) is 7.35. The Morgan fingerprint density at radius 3 is 2.36 bits per heavy atom. The quantitative estimate of drug-likeness (QED) is 0.729. The zero-order chi connectivity index (χ0) is 23.4. The van der Waals surface area contributed by atoms with Gasteiger partial charge < -0.3 is 14.7 Å². The first-order valence-corrected chi connectivity index (χ1v) is 12.4. The summed E-state index contributed by atoms with van der Waals surface area (Å²) in [5, 5.41) is 8.94. The number of amides is 1. The molecule has 33 heavy (non-hydrogen) atoms. The van der Waals surface area contributed by atoms with Crippen LogP contribution in [0.1, 0.15) is 35.2 Å². The van der Waals surface area contributed by atoms with E-state index in [0.29, 0.717) is 42.3 Å². The highest BCUT2D eigenvalue weighted by Gasteiger charge is 2.27. The molecule has 0 aliphatic carbocycles. The molecule has 174 valence electrons. The predicted octanol–water partition coefficient (Wildman–Crippen LogP) is 2.89. The topological polar surface area (TPSA) is 79.7 Å². The molecule has 0 saturated carbocycles. The molecule has 1 amide bonds. The molecule has 2 saturated heterocycles. The summed E-state index contributed by atoms with van der Waals surface area (Å²) in [4.78, 5) is 20.2. The first-order chi connectivity index (χ1) is 16.0. The van der Waals surface area contributed by atoms with Crippen LogP contribution < -0.4 is 14.5 Å². The number of carbonyl (C=O) groups excluding carboxylic acids is 1. The van der Waals surface area contributed by atoms with Crippen LogP contribution in [0.3, 0.4) is 0 Å². The van der Waals surface area contributed by atoms with Crippen molar-refractivity contribution in [1.82, 2.24) is 9.62 Å². The van der Waals surface area contributed by atoms with Gasteiger partial charge in [0.05, 0.1) is 16.0 Å². The molecule has 2 aliphatic rings. The fourth-order valence-corrected chi connectivity index (χ4v) is 5.11. The summed E-state index contributed by atoms with van der Waals surface area (Å²) >= 11 is 0. The molecule has 9 heteroatoms. The lowest BCUT2D eigenvalue weighted by Crippen LogP contribution is -2.49. The summed E-state index contributed by atoms with van der Waals surface area (Å²) in [7, 11) is 0.249. The average molecular weight is 470 g/mol. The largest absolute Gasteiger partial charge is 0.371 e. The summed E-state index contributed by atoms with van der Waals surface area (Å²) in [6, 6.07) is 11.9. The van der Waals surface area contributed by atoms with Crippen molar-refractivity contribution < 1.29 is 13.4 Å². The summed E-state index contributed by atoms with van der Waals surface area (Å²) < 4.78 is 29.1. The van der Waals surface area contributed by atoms with Gasteiger partial charge in [-0.3, -0.25) is 4.79 Å². The second-order valence-corrected chi connectivity index (χ2v) is 9.67. The van der Waals surface area contributed by atoms with Gasteiger partial charge in [-0.1, -0.05) is 0 Å². The van der Waals surface area contributed by atoms with Crippen molar-refractivity contribution in [2.24, 2.45) is 0 Å². The molecule has 2 heterocycles. The number of halogens is 1. The Balaban J connectivity index is 1.53. The van der Waals surface area contributed by atoms with Crippen molar-refractivity contribution in [3.63, 3.8) is 0 Å². The van der Waals surface area contributed by atoms with E-state index in [1.807, 2.05) is 28.0 Å². The van der Waals surface area contributed by atoms with E-state index in [1.165, 1.54) is 18.6 Å². The van der Waals surface area contributed by atoms with Gasteiger partial charge in [0.25, 0.3) is 5.91 Å². The second kappa shape index (κ2) is 10.3. The predicted molar refractivity (Wildman–Crippen MR) is 127 cm³/mol. The number of carbonyl (C=O) groups is 1. The normalized spacial score (nSPS) is 17.5. The van der Waals surface area contributed by atoms with Crippen molar-refractivity contribution >= 4 is 28.3 Å². The summed E-state index contributed by atoms with van der Waals surface area (Å²) in [5.74, 6) is -0.606. The Kier molecular flexibility index (Phi) is 7.26. The number of hydrogen-bond donors (Lipinski definition) is 1. The molecule has 4 rings (SSSR count). The summed E-state index contributed by atoms with van der Waals surface area (Å²) in [6.45, 7) is 3.95. The van der Waals surface area contributed by atoms with Crippen LogP contribution in [0.15, 0.2) is 41.3 Å². The van der Waals surface area contributed by atoms with Crippen LogP contribution >= 0.6 is 0 Å². The first kappa shape index (κ1) is 23.2. The Morgan fingerprint density at radius 2 is 1.73 bits per heavy atom. The van der Waals surface area contributed by atoms with Crippen LogP contribution in [0, 0.1) is 17.1 Å². The van der Waals surface area contributed by atoms with E-state index in [1.54, 1.807) is 19.2 Å². The summed E-state index contributed by atoms with van der Waals surface area (Å²) in [6.07, 6.45) is 3.38. The fraction of sp³-hybridized carbons (Fsp3) is 0.417. The number of hydrogen-bond acceptors (Lipinski definition) is 5. The standard InChI is InChI=1S/C24H28FN5O2S/c1-27-33(32)20-7-8-23(29-9-3-2-4-10-29)21(16-20)24(31)30-13-11-28(12-14-30)19-6-5-18(17-26)22(25)15-19/h5-8,15-16,27H,2-4,9-14H2,1H3. The van der Waals surface area contributed by atoms with Gasteiger partial charge in [0, 0.05) is 50.6 Å². The number of nitrogens with one attached hydrogen (secondary N) is 1. The minimum Gasteiger partial charge on any atom is -0.371 e. The van der Waals surface area contributed by atoms with Crippen LogP contribution in [0.4, 0.5) is 15.8 Å². The summed E-state index contributed by atoms with van der Waals surface area (Å²) in [5.41, 5.74) is 2.21. The molecule has 0 aromatic heterocycles. The molecule has 7 nitrogen and oxygen atoms in total. The van der Waals surface area contributed by atoms with E-state index in [4.69, 9.17) is 5.26 Å². The molecule has 0 radical (unpaired) electrons. The number of rotatable bonds is 5. The molecular formula is C24H28FN5O2S. The van der Waals surface area contributed by atoms with Crippen LogP contribution in [-0.4, -0.2) is 61.3 Å². The Bertz CT molecular complexity index is 1090. The van der Waals surface area contributed by atoms with Gasteiger partial charge in [-0.15, -0.1) is 0 Å². The molecule has 1 atom stereocenters. The Labute approximate surface area is 196 Å². The van der Waals surface area contributed by atoms with Gasteiger partial charge in [0.1, 0.15) is 22.9 Å². The number of piperazine rings is 1. The highest BCUT2D eigenvalue weighted by molar-refractivity contribution is 7.83. The third-order valence-electron chi connectivity index (χ3n) is 6.30. The molecule has 2 aromatic rings. The Hall–Kier alpha value is -2.96. The van der Waals surface area contributed by atoms with Gasteiger partial charge >= 0.3 is 0 Å². The number of nitriles is 1. The smallest absolute Gasteiger partial charge is 0.256 e. The molecule has 2 aliphatic heterocycles. The minimum atomic E-state index is -1.38. The van der Waals surface area contributed by atoms with E-state index in [0.717, 1.165) is 31.6 Å². The van der Waals surface area contributed by atoms with Crippen molar-refractivity contribution in [3.05, 3.63) is 53.3 Å². The van der Waals surface area contributed by atoms with Crippen molar-refractivity contribution in [1.29, 1.82) is 5.26 Å². The zero-order valence-corrected chi connectivity index (χ0v) is 19.5. The average Bonchev–Trinajstić information content (AvgIpc) is 2.88. The first-order valence-electron chi connectivity index (χ1n) is 11.2. The lowest BCUT2D eigenvalue weighted by Gasteiger charge is -2.37. The molecule has 1 unspecified atom stereocenters. The highest BCUT2D eigenvalue weighted by atomic mass is 32.2. The maximum Gasteiger partial charge on any atom is 0.256 e. The maximum absolute atomic E-state index is 14.0. The number of nitrogens with zero attached hydrogens (tertiary/aromatic N) is 4. The van der Waals surface area contributed by atoms with E-state index in [9.17, 15) is 13.4 Å². The Morgan fingerprint density at radius 1 is 1.00 bits per heavy atom. The van der Waals surface area contributed by atoms with Crippen molar-refractivity contribution in [2.75, 3.05) is 56.1 Å². The van der Waals surface area contributed by atoms with E-state index < -0.39 is 16.8 Å². The van der Waals surface area contributed by atoms with Crippen LogP contribution in [-0.2, 0) is 11.0 Å². The molecule has 0 spiro atoms. The van der Waals surface area contributed by atoms with E-state index in [2.05, 4.69) is 9.62 Å². The van der Waals surface area contributed by atoms with Crippen molar-refractivity contribution in [3.8, 4) is 6.07 Å². The minimum absolute atomic E-state index is 0.0247. The van der Waals surface area contributed by atoms with Gasteiger partial charge in [-0.25, -0.2) is 13.3 Å². The third kappa shape index (κ3) is 5.02. The second-order valence-electron chi connectivity index (χ2n) is 8.25. The highest BCUT2D eigenvalue weighted by Crippen LogP contribution is 2.28. The number of anilines is 2. The molecule has 2 fully saturated rings. The van der Waals surface area contributed by atoms with E-state index >= 15 is 0 Å². The van der Waals surface area contributed by atoms with Crippen LogP contribution in [0.2, 0.25) is 0 Å². The van der Waals surface area contributed by atoms with Crippen molar-refractivity contribution in [2.45, 2.75) is 24.2 Å². The van der Waals surface area contributed by atoms with Crippen LogP contribution in [0.25, 0.3) is 0 Å². The molecule has 0 bridgehead atoms. The number of benzene rings is 2. The van der Waals surface area contributed by atoms with Gasteiger partial charge in [0.2, 0.25) is 0 Å². The van der Waals surface area contributed by atoms with Gasteiger partial charge in [-0.05, 0) is 62.7 Å².